The summed E-state index contributed by atoms with van der Waals surface area (Å²) in [4.78, 5) is 73.4. The minimum absolute atomic E-state index is 0.0299. The van der Waals surface area contributed by atoms with E-state index in [1.165, 1.54) is 0 Å². The number of nitrogens with one attached hydrogen (secondary N) is 1. The minimum atomic E-state index is -0.656. The van der Waals surface area contributed by atoms with Gasteiger partial charge in [0, 0.05) is 69.2 Å². The number of esters is 3. The number of hydrogen-bond donors (Lipinski definition) is 1. The van der Waals surface area contributed by atoms with Crippen molar-refractivity contribution in [2.45, 2.75) is 79.1 Å². The van der Waals surface area contributed by atoms with Gasteiger partial charge in [0.25, 0.3) is 0 Å². The second-order valence-corrected chi connectivity index (χ2v) is 16.7. The number of ether oxygens (including phenoxy) is 3. The van der Waals surface area contributed by atoms with Crippen molar-refractivity contribution in [3.8, 4) is 0 Å². The molecule has 1 N–H and O–H groups in total. The molecule has 2 aromatic rings. The maximum atomic E-state index is 13.5. The molecule has 0 spiro atoms. The first-order valence-electron chi connectivity index (χ1n) is 18.7. The van der Waals surface area contributed by atoms with E-state index in [-0.39, 0.29) is 55.8 Å². The largest absolute Gasteiger partial charge is 0.459 e. The molecular weight excluding hydrogens is 690 g/mol. The summed E-state index contributed by atoms with van der Waals surface area (Å²) in [5.41, 5.74) is -0.442. The molecule has 0 atom stereocenters. The molecule has 1 aliphatic rings. The number of anilines is 1. The Bertz CT molecular complexity index is 1520. The zero-order chi connectivity index (χ0) is 40.1. The molecule has 0 radical (unpaired) electrons. The molecule has 0 aromatic heterocycles. The van der Waals surface area contributed by atoms with Gasteiger partial charge in [-0.2, -0.15) is 0 Å². The Labute approximate surface area is 321 Å². The average molecular weight is 752 g/mol. The number of hydrogen-bond acceptors (Lipinski definition) is 12. The predicted octanol–water partition coefficient (Wildman–Crippen LogP) is 4.10. The standard InChI is InChI=1S/C41H61N5O8/c1-39(2,3)52-35(48)28-44-20-18-43(27-34(47)42-33-17-13-16-32(26-33)38(51)31-14-11-10-12-15-31)19-21-45(29-36(49)53-40(4,5)6)23-25-46(24-22-44)30-37(50)54-41(7,8)9/h10-17,26H,18-25,27-30H2,1-9H3,(H,42,47). The number of amides is 1. The molecule has 1 fully saturated rings. The van der Waals surface area contributed by atoms with Crippen molar-refractivity contribution in [1.29, 1.82) is 0 Å². The van der Waals surface area contributed by atoms with Gasteiger partial charge in [-0.3, -0.25) is 43.6 Å². The van der Waals surface area contributed by atoms with Crippen LogP contribution < -0.4 is 5.32 Å². The third-order valence-electron chi connectivity index (χ3n) is 8.06. The van der Waals surface area contributed by atoms with Crippen molar-refractivity contribution >= 4 is 35.3 Å². The Morgan fingerprint density at radius 2 is 0.852 bits per heavy atom. The number of rotatable bonds is 11. The summed E-state index contributed by atoms with van der Waals surface area (Å²) in [6.07, 6.45) is 0. The quantitative estimate of drug-likeness (QED) is 0.201. The Morgan fingerprint density at radius 1 is 0.500 bits per heavy atom. The summed E-state index contributed by atoms with van der Waals surface area (Å²) >= 11 is 0. The molecule has 3 rings (SSSR count). The Kier molecular flexibility index (Phi) is 16.3. The number of carbonyl (C=O) groups is 5. The van der Waals surface area contributed by atoms with Gasteiger partial charge < -0.3 is 19.5 Å². The van der Waals surface area contributed by atoms with E-state index < -0.39 is 16.8 Å². The number of carbonyl (C=O) groups excluding carboxylic acids is 5. The SMILES string of the molecule is CC(C)(C)OC(=O)CN1CCN(CC(=O)Nc2cccc(C(=O)c3ccccc3)c2)CCN(CC(=O)OC(C)(C)C)CCN(CC(=O)OC(C)(C)C)CC1. The van der Waals surface area contributed by atoms with Gasteiger partial charge in [-0.15, -0.1) is 0 Å². The van der Waals surface area contributed by atoms with Crippen LogP contribution in [0.15, 0.2) is 54.6 Å². The van der Waals surface area contributed by atoms with Gasteiger partial charge in [0.2, 0.25) is 5.91 Å². The topological polar surface area (TPSA) is 138 Å². The van der Waals surface area contributed by atoms with E-state index in [9.17, 15) is 24.0 Å². The third kappa shape index (κ3) is 17.8. The van der Waals surface area contributed by atoms with E-state index in [1.807, 2.05) is 88.0 Å². The van der Waals surface area contributed by atoms with Gasteiger partial charge in [0.15, 0.2) is 5.78 Å². The molecule has 13 heteroatoms. The first-order valence-corrected chi connectivity index (χ1v) is 18.7. The minimum Gasteiger partial charge on any atom is -0.459 e. The smallest absolute Gasteiger partial charge is 0.320 e. The second-order valence-electron chi connectivity index (χ2n) is 16.7. The zero-order valence-electron chi connectivity index (χ0n) is 33.7. The number of benzene rings is 2. The molecule has 13 nitrogen and oxygen atoms in total. The van der Waals surface area contributed by atoms with Crippen molar-refractivity contribution < 1.29 is 38.2 Å². The van der Waals surface area contributed by atoms with Crippen LogP contribution >= 0.6 is 0 Å². The molecule has 0 aliphatic carbocycles. The molecule has 0 unspecified atom stereocenters. The normalized spacial score (nSPS) is 16.4. The van der Waals surface area contributed by atoms with Crippen LogP contribution in [0, 0.1) is 0 Å². The highest BCUT2D eigenvalue weighted by Crippen LogP contribution is 2.16. The highest BCUT2D eigenvalue weighted by molar-refractivity contribution is 6.09. The number of ketones is 1. The van der Waals surface area contributed by atoms with Gasteiger partial charge in [-0.25, -0.2) is 0 Å². The fourth-order valence-corrected chi connectivity index (χ4v) is 5.78. The van der Waals surface area contributed by atoms with Crippen LogP contribution in [0.1, 0.15) is 78.2 Å². The van der Waals surface area contributed by atoms with Gasteiger partial charge in [0.1, 0.15) is 16.8 Å². The summed E-state index contributed by atoms with van der Waals surface area (Å²) in [6, 6.07) is 15.8. The Morgan fingerprint density at radius 3 is 1.22 bits per heavy atom. The van der Waals surface area contributed by atoms with E-state index in [2.05, 4.69) is 5.32 Å². The van der Waals surface area contributed by atoms with Gasteiger partial charge in [0.05, 0.1) is 26.2 Å². The first-order chi connectivity index (χ1) is 25.1. The first kappa shape index (κ1) is 44.2. The summed E-state index contributed by atoms with van der Waals surface area (Å²) in [6.45, 7) is 20.0. The van der Waals surface area contributed by atoms with Gasteiger partial charge in [-0.05, 0) is 74.4 Å². The predicted molar refractivity (Wildman–Crippen MR) is 208 cm³/mol. The molecule has 298 valence electrons. The van der Waals surface area contributed by atoms with E-state index >= 15 is 0 Å². The van der Waals surface area contributed by atoms with Crippen molar-refractivity contribution in [3.63, 3.8) is 0 Å². The van der Waals surface area contributed by atoms with Crippen LogP contribution in [-0.2, 0) is 33.4 Å². The van der Waals surface area contributed by atoms with Gasteiger partial charge >= 0.3 is 17.9 Å². The van der Waals surface area contributed by atoms with E-state index in [0.717, 1.165) is 0 Å². The van der Waals surface area contributed by atoms with Crippen molar-refractivity contribution in [1.82, 2.24) is 19.6 Å². The maximum absolute atomic E-state index is 13.5. The average Bonchev–Trinajstić information content (AvgIpc) is 3.03. The van der Waals surface area contributed by atoms with Crippen LogP contribution in [0.2, 0.25) is 0 Å². The van der Waals surface area contributed by atoms with Crippen LogP contribution in [0.4, 0.5) is 5.69 Å². The molecule has 1 saturated heterocycles. The fourth-order valence-electron chi connectivity index (χ4n) is 5.78. The summed E-state index contributed by atoms with van der Waals surface area (Å²) in [7, 11) is 0. The molecule has 1 aliphatic heterocycles. The molecular formula is C41H61N5O8. The number of nitrogens with zero attached hydrogens (tertiary/aromatic N) is 4. The zero-order valence-corrected chi connectivity index (χ0v) is 33.7. The van der Waals surface area contributed by atoms with Gasteiger partial charge in [-0.1, -0.05) is 42.5 Å². The highest BCUT2D eigenvalue weighted by atomic mass is 16.6. The lowest BCUT2D eigenvalue weighted by Crippen LogP contribution is -2.50. The summed E-state index contributed by atoms with van der Waals surface area (Å²) in [5.74, 6) is -1.52. The van der Waals surface area contributed by atoms with Crippen molar-refractivity contribution in [2.24, 2.45) is 0 Å². The summed E-state index contributed by atoms with van der Waals surface area (Å²) < 4.78 is 16.9. The van der Waals surface area contributed by atoms with Crippen molar-refractivity contribution in [2.75, 3.05) is 83.9 Å². The van der Waals surface area contributed by atoms with Crippen LogP contribution in [0.3, 0.4) is 0 Å². The second kappa shape index (κ2) is 19.9. The maximum Gasteiger partial charge on any atom is 0.320 e. The molecule has 2 aromatic carbocycles. The molecule has 1 amide bonds. The van der Waals surface area contributed by atoms with Crippen LogP contribution in [-0.4, -0.2) is 145 Å². The van der Waals surface area contributed by atoms with Crippen LogP contribution in [0.25, 0.3) is 0 Å². The van der Waals surface area contributed by atoms with E-state index in [1.54, 1.807) is 48.5 Å². The lowest BCUT2D eigenvalue weighted by Gasteiger charge is -2.34. The van der Waals surface area contributed by atoms with Crippen LogP contribution in [0.5, 0.6) is 0 Å². The molecule has 0 bridgehead atoms. The molecule has 1 heterocycles. The molecule has 54 heavy (non-hydrogen) atoms. The Hall–Kier alpha value is -4.17. The summed E-state index contributed by atoms with van der Waals surface area (Å²) in [5, 5.41) is 2.94. The lowest BCUT2D eigenvalue weighted by atomic mass is 10.0. The Balaban J connectivity index is 1.82. The van der Waals surface area contributed by atoms with E-state index in [0.29, 0.717) is 69.2 Å². The monoisotopic (exact) mass is 751 g/mol. The fraction of sp³-hybridized carbons (Fsp3) is 0.585. The highest BCUT2D eigenvalue weighted by Gasteiger charge is 2.26. The van der Waals surface area contributed by atoms with E-state index in [4.69, 9.17) is 14.2 Å². The lowest BCUT2D eigenvalue weighted by molar-refractivity contribution is -0.158. The van der Waals surface area contributed by atoms with Crippen molar-refractivity contribution in [3.05, 3.63) is 65.7 Å². The molecule has 0 saturated carbocycles. The third-order valence-corrected chi connectivity index (χ3v) is 8.06.